The number of carbonyl (C=O) groups excluding carboxylic acids is 1. The van der Waals surface area contributed by atoms with Crippen LogP contribution in [0.3, 0.4) is 0 Å². The van der Waals surface area contributed by atoms with E-state index in [4.69, 9.17) is 0 Å². The summed E-state index contributed by atoms with van der Waals surface area (Å²) in [5.41, 5.74) is 3.41. The minimum atomic E-state index is 0.171. The molecule has 0 saturated heterocycles. The predicted molar refractivity (Wildman–Crippen MR) is 84.7 cm³/mol. The first-order chi connectivity index (χ1) is 9.56. The van der Waals surface area contributed by atoms with Crippen molar-refractivity contribution in [2.75, 3.05) is 20.6 Å². The van der Waals surface area contributed by atoms with Crippen LogP contribution in [0.2, 0.25) is 0 Å². The SMILES string of the molecule is Cc1ccc(C=C2CCCCC(CN(C)C)C2=O)cc1. The van der Waals surface area contributed by atoms with E-state index in [1.807, 2.05) is 14.1 Å². The Morgan fingerprint density at radius 2 is 1.90 bits per heavy atom. The van der Waals surface area contributed by atoms with Crippen LogP contribution in [0.25, 0.3) is 6.08 Å². The van der Waals surface area contributed by atoms with Crippen LogP contribution in [0.15, 0.2) is 29.8 Å². The van der Waals surface area contributed by atoms with Crippen LogP contribution in [0.5, 0.6) is 0 Å². The lowest BCUT2D eigenvalue weighted by molar-refractivity contribution is -0.119. The summed E-state index contributed by atoms with van der Waals surface area (Å²) in [5.74, 6) is 0.529. The van der Waals surface area contributed by atoms with Crippen LogP contribution >= 0.6 is 0 Å². The fraction of sp³-hybridized carbons (Fsp3) is 0.500. The Balaban J connectivity index is 2.20. The maximum absolute atomic E-state index is 12.7. The third kappa shape index (κ3) is 4.04. The highest BCUT2D eigenvalue weighted by Gasteiger charge is 2.24. The minimum Gasteiger partial charge on any atom is -0.309 e. The van der Waals surface area contributed by atoms with Gasteiger partial charge in [-0.1, -0.05) is 36.2 Å². The highest BCUT2D eigenvalue weighted by Crippen LogP contribution is 2.26. The molecule has 2 heteroatoms. The van der Waals surface area contributed by atoms with Crippen molar-refractivity contribution in [3.05, 3.63) is 41.0 Å². The van der Waals surface area contributed by atoms with Gasteiger partial charge in [-0.25, -0.2) is 0 Å². The van der Waals surface area contributed by atoms with Gasteiger partial charge in [0.1, 0.15) is 0 Å². The van der Waals surface area contributed by atoms with Crippen molar-refractivity contribution >= 4 is 11.9 Å². The quantitative estimate of drug-likeness (QED) is 0.617. The summed E-state index contributed by atoms with van der Waals surface area (Å²) in [6.45, 7) is 2.95. The van der Waals surface area contributed by atoms with Gasteiger partial charge in [0, 0.05) is 12.5 Å². The molecule has 0 aromatic heterocycles. The fourth-order valence-electron chi connectivity index (χ4n) is 2.84. The maximum Gasteiger partial charge on any atom is 0.163 e. The third-order valence-electron chi connectivity index (χ3n) is 3.94. The van der Waals surface area contributed by atoms with Gasteiger partial charge in [-0.2, -0.15) is 0 Å². The molecule has 1 aromatic carbocycles. The molecule has 0 N–H and O–H groups in total. The molecule has 0 bridgehead atoms. The molecule has 2 rings (SSSR count). The standard InChI is InChI=1S/C18H25NO/c1-14-8-10-15(11-9-14)12-16-6-4-5-7-17(18(16)20)13-19(2)3/h8-12,17H,4-7,13H2,1-3H3. The minimum absolute atomic E-state index is 0.171. The second-order valence-corrected chi connectivity index (χ2v) is 6.15. The van der Waals surface area contributed by atoms with Crippen molar-refractivity contribution < 1.29 is 4.79 Å². The van der Waals surface area contributed by atoms with Gasteiger partial charge in [-0.15, -0.1) is 0 Å². The first kappa shape index (κ1) is 15.0. The Morgan fingerprint density at radius 3 is 2.55 bits per heavy atom. The molecule has 108 valence electrons. The maximum atomic E-state index is 12.7. The molecule has 0 amide bonds. The van der Waals surface area contributed by atoms with E-state index in [0.717, 1.165) is 43.4 Å². The van der Waals surface area contributed by atoms with Gasteiger partial charge in [0.05, 0.1) is 0 Å². The smallest absolute Gasteiger partial charge is 0.163 e. The first-order valence-corrected chi connectivity index (χ1v) is 7.52. The van der Waals surface area contributed by atoms with Gasteiger partial charge >= 0.3 is 0 Å². The monoisotopic (exact) mass is 271 g/mol. The average molecular weight is 271 g/mol. The Labute approximate surface area is 122 Å². The zero-order chi connectivity index (χ0) is 14.5. The van der Waals surface area contributed by atoms with Crippen LogP contribution in [0.4, 0.5) is 0 Å². The molecule has 1 aromatic rings. The highest BCUT2D eigenvalue weighted by molar-refractivity contribution is 6.01. The summed E-state index contributed by atoms with van der Waals surface area (Å²) >= 11 is 0. The van der Waals surface area contributed by atoms with E-state index in [1.165, 1.54) is 5.56 Å². The van der Waals surface area contributed by atoms with Gasteiger partial charge in [0.15, 0.2) is 5.78 Å². The Kier molecular flexibility index (Phi) is 5.13. The number of ketones is 1. The molecule has 0 radical (unpaired) electrons. The van der Waals surface area contributed by atoms with Crippen molar-refractivity contribution in [3.8, 4) is 0 Å². The van der Waals surface area contributed by atoms with Crippen LogP contribution in [-0.4, -0.2) is 31.3 Å². The molecule has 20 heavy (non-hydrogen) atoms. The molecule has 1 saturated carbocycles. The Hall–Kier alpha value is -1.41. The third-order valence-corrected chi connectivity index (χ3v) is 3.94. The number of carbonyl (C=O) groups is 1. The van der Waals surface area contributed by atoms with Crippen molar-refractivity contribution in [2.45, 2.75) is 32.6 Å². The summed E-state index contributed by atoms with van der Waals surface area (Å²) in [7, 11) is 4.09. The zero-order valence-corrected chi connectivity index (χ0v) is 12.9. The van der Waals surface area contributed by atoms with E-state index in [0.29, 0.717) is 5.78 Å². The van der Waals surface area contributed by atoms with Gasteiger partial charge in [-0.05, 0) is 57.5 Å². The number of hydrogen-bond donors (Lipinski definition) is 0. The van der Waals surface area contributed by atoms with Crippen LogP contribution in [0.1, 0.15) is 36.8 Å². The molecule has 0 heterocycles. The second kappa shape index (κ2) is 6.85. The zero-order valence-electron chi connectivity index (χ0n) is 12.9. The van der Waals surface area contributed by atoms with Crippen LogP contribution in [0, 0.1) is 12.8 Å². The summed E-state index contributed by atoms with van der Waals surface area (Å²) in [5, 5.41) is 0. The van der Waals surface area contributed by atoms with Crippen LogP contribution < -0.4 is 0 Å². The summed E-state index contributed by atoms with van der Waals surface area (Å²) in [6, 6.07) is 8.40. The van der Waals surface area contributed by atoms with Gasteiger partial charge in [0.25, 0.3) is 0 Å². The molecule has 0 aliphatic heterocycles. The number of rotatable bonds is 3. The lowest BCUT2D eigenvalue weighted by Gasteiger charge is -2.18. The normalized spacial score (nSPS) is 22.3. The van der Waals surface area contributed by atoms with Gasteiger partial charge < -0.3 is 4.90 Å². The van der Waals surface area contributed by atoms with Crippen LogP contribution in [-0.2, 0) is 4.79 Å². The van der Waals surface area contributed by atoms with E-state index in [-0.39, 0.29) is 5.92 Å². The lowest BCUT2D eigenvalue weighted by Crippen LogP contribution is -2.27. The van der Waals surface area contributed by atoms with E-state index in [9.17, 15) is 4.79 Å². The average Bonchev–Trinajstić information content (AvgIpc) is 2.56. The van der Waals surface area contributed by atoms with E-state index < -0.39 is 0 Å². The number of nitrogens with zero attached hydrogens (tertiary/aromatic N) is 1. The molecule has 1 fully saturated rings. The van der Waals surface area contributed by atoms with E-state index >= 15 is 0 Å². The van der Waals surface area contributed by atoms with Gasteiger partial charge in [-0.3, -0.25) is 4.79 Å². The highest BCUT2D eigenvalue weighted by atomic mass is 16.1. The van der Waals surface area contributed by atoms with Crippen molar-refractivity contribution in [1.29, 1.82) is 0 Å². The molecule has 1 aliphatic rings. The summed E-state index contributed by atoms with van der Waals surface area (Å²) in [4.78, 5) is 14.8. The molecule has 1 atom stereocenters. The number of benzene rings is 1. The number of hydrogen-bond acceptors (Lipinski definition) is 2. The summed E-state index contributed by atoms with van der Waals surface area (Å²) in [6.07, 6.45) is 6.34. The second-order valence-electron chi connectivity index (χ2n) is 6.15. The molecule has 2 nitrogen and oxygen atoms in total. The molecular weight excluding hydrogens is 246 g/mol. The molecule has 0 spiro atoms. The number of allylic oxidation sites excluding steroid dienone is 1. The number of aryl methyl sites for hydroxylation is 1. The van der Waals surface area contributed by atoms with Crippen molar-refractivity contribution in [1.82, 2.24) is 4.90 Å². The first-order valence-electron chi connectivity index (χ1n) is 7.52. The van der Waals surface area contributed by atoms with E-state index in [1.54, 1.807) is 0 Å². The molecule has 1 unspecified atom stereocenters. The van der Waals surface area contributed by atoms with Gasteiger partial charge in [0.2, 0.25) is 0 Å². The predicted octanol–water partition coefficient (Wildman–Crippen LogP) is 3.70. The van der Waals surface area contributed by atoms with Crippen molar-refractivity contribution in [3.63, 3.8) is 0 Å². The van der Waals surface area contributed by atoms with E-state index in [2.05, 4.69) is 42.2 Å². The Bertz CT molecular complexity index is 485. The number of Topliss-reactive ketones (excluding diaryl/α,β-unsaturated/α-hetero) is 1. The molecule has 1 aliphatic carbocycles. The van der Waals surface area contributed by atoms with Crippen molar-refractivity contribution in [2.24, 2.45) is 5.92 Å². The Morgan fingerprint density at radius 1 is 1.20 bits per heavy atom. The largest absolute Gasteiger partial charge is 0.309 e. The topological polar surface area (TPSA) is 20.3 Å². The molecular formula is C18H25NO. The summed E-state index contributed by atoms with van der Waals surface area (Å²) < 4.78 is 0. The lowest BCUT2D eigenvalue weighted by atomic mass is 9.94. The fourth-order valence-corrected chi connectivity index (χ4v) is 2.84.